The Hall–Kier alpha value is -1.55. The van der Waals surface area contributed by atoms with Gasteiger partial charge in [-0.25, -0.2) is 10.4 Å². The fourth-order valence-corrected chi connectivity index (χ4v) is 2.03. The Morgan fingerprint density at radius 3 is 2.67 bits per heavy atom. The summed E-state index contributed by atoms with van der Waals surface area (Å²) in [5.74, 6) is 0.116. The molecule has 4 heteroatoms. The van der Waals surface area contributed by atoms with Gasteiger partial charge < -0.3 is 5.73 Å². The second-order valence-corrected chi connectivity index (χ2v) is 4.36. The van der Waals surface area contributed by atoms with Gasteiger partial charge in [-0.3, -0.25) is 4.79 Å². The molecule has 0 atom stereocenters. The van der Waals surface area contributed by atoms with Crippen molar-refractivity contribution in [3.8, 4) is 0 Å². The van der Waals surface area contributed by atoms with Crippen molar-refractivity contribution in [1.82, 2.24) is 5.43 Å². The van der Waals surface area contributed by atoms with E-state index in [1.807, 2.05) is 24.3 Å². The molecule has 78 valence electrons. The monoisotopic (exact) mass is 203 g/mol. The van der Waals surface area contributed by atoms with E-state index in [4.69, 9.17) is 5.73 Å². The van der Waals surface area contributed by atoms with Crippen LogP contribution in [-0.2, 0) is 4.79 Å². The number of nitrogens with two attached hydrogens (primary N) is 1. The van der Waals surface area contributed by atoms with E-state index in [0.717, 1.165) is 18.5 Å². The summed E-state index contributed by atoms with van der Waals surface area (Å²) in [5.41, 5.74) is 10.5. The van der Waals surface area contributed by atoms with Gasteiger partial charge in [-0.2, -0.15) is 0 Å². The molecule has 3 rings (SSSR count). The Kier molecular flexibility index (Phi) is 1.59. The van der Waals surface area contributed by atoms with Crippen LogP contribution in [0.2, 0.25) is 0 Å². The van der Waals surface area contributed by atoms with Crippen molar-refractivity contribution in [3.63, 3.8) is 0 Å². The first-order chi connectivity index (χ1) is 7.20. The normalized spacial score (nSPS) is 22.4. The lowest BCUT2D eigenvalue weighted by molar-refractivity contribution is -0.117. The molecule has 2 aliphatic rings. The number of rotatable bonds is 1. The number of amides is 1. The van der Waals surface area contributed by atoms with E-state index in [0.29, 0.717) is 12.1 Å². The van der Waals surface area contributed by atoms with E-state index in [-0.39, 0.29) is 11.4 Å². The summed E-state index contributed by atoms with van der Waals surface area (Å²) in [5, 5.41) is 1.60. The molecular formula is C11H13N3O. The maximum atomic E-state index is 11.8. The molecule has 1 aliphatic carbocycles. The second-order valence-electron chi connectivity index (χ2n) is 4.36. The number of hydrazine groups is 1. The Balaban J connectivity index is 1.95. The van der Waals surface area contributed by atoms with Crippen molar-refractivity contribution < 1.29 is 4.79 Å². The molecule has 0 unspecified atom stereocenters. The Labute approximate surface area is 88.0 Å². The fraction of sp³-hybridized carbons (Fsp3) is 0.364. The summed E-state index contributed by atoms with van der Waals surface area (Å²) in [6, 6.07) is 7.43. The number of hydrogen-bond acceptors (Lipinski definition) is 3. The third-order valence-electron chi connectivity index (χ3n) is 3.12. The Morgan fingerprint density at radius 2 is 2.07 bits per heavy atom. The Bertz CT molecular complexity index is 426. The maximum Gasteiger partial charge on any atom is 0.243 e. The lowest BCUT2D eigenvalue weighted by atomic mass is 10.2. The van der Waals surface area contributed by atoms with E-state index < -0.39 is 0 Å². The van der Waals surface area contributed by atoms with E-state index in [1.54, 1.807) is 5.01 Å². The first-order valence-corrected chi connectivity index (χ1v) is 5.16. The number of para-hydroxylation sites is 2. The minimum atomic E-state index is 0.0549. The van der Waals surface area contributed by atoms with E-state index >= 15 is 0 Å². The molecule has 4 nitrogen and oxygen atoms in total. The van der Waals surface area contributed by atoms with E-state index in [1.165, 1.54) is 0 Å². The smallest absolute Gasteiger partial charge is 0.243 e. The van der Waals surface area contributed by atoms with Crippen LogP contribution in [0.5, 0.6) is 0 Å². The number of carbonyl (C=O) groups is 1. The van der Waals surface area contributed by atoms with Gasteiger partial charge in [0, 0.05) is 12.0 Å². The molecule has 1 aromatic carbocycles. The molecule has 1 aliphatic heterocycles. The third kappa shape index (κ3) is 1.29. The molecule has 0 bridgehead atoms. The van der Waals surface area contributed by atoms with Gasteiger partial charge in [0.05, 0.1) is 11.4 Å². The molecule has 0 aromatic heterocycles. The van der Waals surface area contributed by atoms with Crippen molar-refractivity contribution in [3.05, 3.63) is 24.3 Å². The predicted molar refractivity (Wildman–Crippen MR) is 58.1 cm³/mol. The van der Waals surface area contributed by atoms with E-state index in [9.17, 15) is 4.79 Å². The van der Waals surface area contributed by atoms with Crippen molar-refractivity contribution in [2.24, 2.45) is 0 Å². The topological polar surface area (TPSA) is 58.4 Å². The number of nitrogens with one attached hydrogen (secondary N) is 1. The highest BCUT2D eigenvalue weighted by Crippen LogP contribution is 2.44. The van der Waals surface area contributed by atoms with Gasteiger partial charge in [0.15, 0.2) is 0 Å². The van der Waals surface area contributed by atoms with Crippen molar-refractivity contribution >= 4 is 17.3 Å². The SMILES string of the molecule is Nc1ccccc1N1NC2(CC2)CC1=O. The lowest BCUT2D eigenvalue weighted by Crippen LogP contribution is -2.38. The molecule has 1 aromatic rings. The molecule has 2 fully saturated rings. The van der Waals surface area contributed by atoms with Crippen LogP contribution >= 0.6 is 0 Å². The minimum absolute atomic E-state index is 0.0549. The summed E-state index contributed by atoms with van der Waals surface area (Å²) in [4.78, 5) is 11.8. The number of anilines is 2. The zero-order valence-corrected chi connectivity index (χ0v) is 8.36. The van der Waals surface area contributed by atoms with E-state index in [2.05, 4.69) is 5.43 Å². The molecular weight excluding hydrogens is 190 g/mol. The van der Waals surface area contributed by atoms with Crippen molar-refractivity contribution in [1.29, 1.82) is 0 Å². The minimum Gasteiger partial charge on any atom is -0.397 e. The molecule has 1 saturated carbocycles. The van der Waals surface area contributed by atoms with Gasteiger partial charge in [-0.05, 0) is 25.0 Å². The van der Waals surface area contributed by atoms with Gasteiger partial charge in [-0.15, -0.1) is 0 Å². The van der Waals surface area contributed by atoms with Crippen LogP contribution in [0.3, 0.4) is 0 Å². The van der Waals surface area contributed by atoms with Crippen LogP contribution in [0, 0.1) is 0 Å². The van der Waals surface area contributed by atoms with Crippen LogP contribution in [0.15, 0.2) is 24.3 Å². The third-order valence-corrected chi connectivity index (χ3v) is 3.12. The zero-order chi connectivity index (χ0) is 10.5. The molecule has 1 amide bonds. The predicted octanol–water partition coefficient (Wildman–Crippen LogP) is 1.04. The highest BCUT2D eigenvalue weighted by atomic mass is 16.2. The second kappa shape index (κ2) is 2.73. The van der Waals surface area contributed by atoms with Gasteiger partial charge in [0.2, 0.25) is 5.91 Å². The van der Waals surface area contributed by atoms with Crippen LogP contribution in [0.4, 0.5) is 11.4 Å². The fourth-order valence-electron chi connectivity index (χ4n) is 2.03. The van der Waals surface area contributed by atoms with Crippen LogP contribution < -0.4 is 16.2 Å². The van der Waals surface area contributed by atoms with Crippen LogP contribution in [0.25, 0.3) is 0 Å². The first-order valence-electron chi connectivity index (χ1n) is 5.16. The first kappa shape index (κ1) is 8.73. The number of benzene rings is 1. The molecule has 1 heterocycles. The van der Waals surface area contributed by atoms with Crippen LogP contribution in [-0.4, -0.2) is 11.4 Å². The average molecular weight is 203 g/mol. The molecule has 3 N–H and O–H groups in total. The Morgan fingerprint density at radius 1 is 1.33 bits per heavy atom. The molecule has 0 radical (unpaired) electrons. The van der Waals surface area contributed by atoms with Gasteiger partial charge in [0.25, 0.3) is 0 Å². The number of carbonyl (C=O) groups excluding carboxylic acids is 1. The maximum absolute atomic E-state index is 11.8. The lowest BCUT2D eigenvalue weighted by Gasteiger charge is -2.19. The standard InChI is InChI=1S/C11H13N3O/c12-8-3-1-2-4-9(8)14-10(15)7-11(13-14)5-6-11/h1-4,13H,5-7,12H2. The summed E-state index contributed by atoms with van der Waals surface area (Å²) >= 11 is 0. The average Bonchev–Trinajstić information content (AvgIpc) is 2.87. The molecule has 1 spiro atoms. The summed E-state index contributed by atoms with van der Waals surface area (Å²) in [7, 11) is 0. The highest BCUT2D eigenvalue weighted by Gasteiger charge is 2.52. The molecule has 15 heavy (non-hydrogen) atoms. The van der Waals surface area contributed by atoms with Gasteiger partial charge in [0.1, 0.15) is 0 Å². The van der Waals surface area contributed by atoms with Gasteiger partial charge in [-0.1, -0.05) is 12.1 Å². The number of nitrogens with zero attached hydrogens (tertiary/aromatic N) is 1. The van der Waals surface area contributed by atoms with Crippen molar-refractivity contribution in [2.45, 2.75) is 24.8 Å². The van der Waals surface area contributed by atoms with Crippen molar-refractivity contribution in [2.75, 3.05) is 10.7 Å². The largest absolute Gasteiger partial charge is 0.397 e. The summed E-state index contributed by atoms with van der Waals surface area (Å²) in [6.07, 6.45) is 2.77. The van der Waals surface area contributed by atoms with Gasteiger partial charge >= 0.3 is 0 Å². The summed E-state index contributed by atoms with van der Waals surface area (Å²) < 4.78 is 0. The quantitative estimate of drug-likeness (QED) is 0.670. The molecule has 1 saturated heterocycles. The van der Waals surface area contributed by atoms with Crippen LogP contribution in [0.1, 0.15) is 19.3 Å². The zero-order valence-electron chi connectivity index (χ0n) is 8.36. The number of hydrogen-bond donors (Lipinski definition) is 2. The number of nitrogen functional groups attached to an aromatic ring is 1. The summed E-state index contributed by atoms with van der Waals surface area (Å²) in [6.45, 7) is 0. The highest BCUT2D eigenvalue weighted by molar-refractivity contribution is 5.98.